The first-order valence-corrected chi connectivity index (χ1v) is 5.94. The van der Waals surface area contributed by atoms with E-state index in [9.17, 15) is 0 Å². The van der Waals surface area contributed by atoms with Crippen LogP contribution in [0, 0.1) is 0 Å². The molecule has 0 bridgehead atoms. The molecule has 2 aromatic rings. The predicted octanol–water partition coefficient (Wildman–Crippen LogP) is 2.24. The SMILES string of the molecule is COCC(Cl)CNc1nc2ccccc2n1C. The fraction of sp³-hybridized carbons (Fsp3) is 0.417. The Balaban J connectivity index is 2.11. The summed E-state index contributed by atoms with van der Waals surface area (Å²) < 4.78 is 7.00. The number of halogens is 1. The Hall–Kier alpha value is -1.26. The van der Waals surface area contributed by atoms with Crippen molar-refractivity contribution >= 4 is 28.6 Å². The summed E-state index contributed by atoms with van der Waals surface area (Å²) in [6, 6.07) is 8.02. The Kier molecular flexibility index (Phi) is 3.86. The maximum atomic E-state index is 6.06. The lowest BCUT2D eigenvalue weighted by molar-refractivity contribution is 0.200. The quantitative estimate of drug-likeness (QED) is 0.831. The highest BCUT2D eigenvalue weighted by molar-refractivity contribution is 6.21. The lowest BCUT2D eigenvalue weighted by Crippen LogP contribution is -2.20. The molecular weight excluding hydrogens is 238 g/mol. The average molecular weight is 254 g/mol. The van der Waals surface area contributed by atoms with E-state index in [4.69, 9.17) is 16.3 Å². The van der Waals surface area contributed by atoms with E-state index in [2.05, 4.69) is 10.3 Å². The van der Waals surface area contributed by atoms with Gasteiger partial charge in [0.15, 0.2) is 0 Å². The number of nitrogens with zero attached hydrogens (tertiary/aromatic N) is 2. The maximum absolute atomic E-state index is 6.06. The van der Waals surface area contributed by atoms with Gasteiger partial charge >= 0.3 is 0 Å². The third kappa shape index (κ3) is 2.70. The minimum Gasteiger partial charge on any atom is -0.383 e. The monoisotopic (exact) mass is 253 g/mol. The zero-order chi connectivity index (χ0) is 12.3. The molecule has 0 saturated heterocycles. The van der Waals surface area contributed by atoms with Crippen molar-refractivity contribution in [2.75, 3.05) is 25.6 Å². The summed E-state index contributed by atoms with van der Waals surface area (Å²) in [7, 11) is 3.63. The third-order valence-electron chi connectivity index (χ3n) is 2.62. The van der Waals surface area contributed by atoms with Gasteiger partial charge in [-0.05, 0) is 12.1 Å². The van der Waals surface area contributed by atoms with E-state index >= 15 is 0 Å². The molecule has 1 aromatic heterocycles. The van der Waals surface area contributed by atoms with Crippen molar-refractivity contribution in [3.05, 3.63) is 24.3 Å². The summed E-state index contributed by atoms with van der Waals surface area (Å²) in [5.41, 5.74) is 2.09. The molecule has 0 saturated carbocycles. The minimum absolute atomic E-state index is 0.0557. The number of rotatable bonds is 5. The van der Waals surface area contributed by atoms with Gasteiger partial charge in [0.05, 0.1) is 23.0 Å². The molecule has 17 heavy (non-hydrogen) atoms. The van der Waals surface area contributed by atoms with Crippen molar-refractivity contribution in [3.8, 4) is 0 Å². The molecule has 1 N–H and O–H groups in total. The summed E-state index contributed by atoms with van der Waals surface area (Å²) in [6.45, 7) is 1.16. The number of anilines is 1. The average Bonchev–Trinajstić information content (AvgIpc) is 2.65. The molecular formula is C12H16ClN3O. The van der Waals surface area contributed by atoms with Gasteiger partial charge in [0.1, 0.15) is 0 Å². The van der Waals surface area contributed by atoms with Gasteiger partial charge in [-0.1, -0.05) is 12.1 Å². The zero-order valence-electron chi connectivity index (χ0n) is 9.98. The highest BCUT2D eigenvalue weighted by Gasteiger charge is 2.08. The van der Waals surface area contributed by atoms with Crippen LogP contribution in [0.1, 0.15) is 0 Å². The second-order valence-electron chi connectivity index (χ2n) is 3.92. The smallest absolute Gasteiger partial charge is 0.203 e. The van der Waals surface area contributed by atoms with Crippen LogP contribution >= 0.6 is 11.6 Å². The van der Waals surface area contributed by atoms with Crippen LogP contribution in [0.2, 0.25) is 0 Å². The van der Waals surface area contributed by atoms with Crippen molar-refractivity contribution < 1.29 is 4.74 Å². The molecule has 0 aliphatic rings. The molecule has 1 unspecified atom stereocenters. The van der Waals surface area contributed by atoms with E-state index < -0.39 is 0 Å². The van der Waals surface area contributed by atoms with Crippen LogP contribution in [0.5, 0.6) is 0 Å². The summed E-state index contributed by atoms with van der Waals surface area (Å²) >= 11 is 6.06. The fourth-order valence-electron chi connectivity index (χ4n) is 1.75. The van der Waals surface area contributed by atoms with Gasteiger partial charge < -0.3 is 14.6 Å². The number of hydrogen-bond donors (Lipinski definition) is 1. The topological polar surface area (TPSA) is 39.1 Å². The normalized spacial score (nSPS) is 12.9. The Morgan fingerprint density at radius 3 is 2.94 bits per heavy atom. The predicted molar refractivity (Wildman–Crippen MR) is 70.7 cm³/mol. The molecule has 1 heterocycles. The summed E-state index contributed by atoms with van der Waals surface area (Å²) in [6.07, 6.45) is 0. The van der Waals surface area contributed by atoms with E-state index in [1.807, 2.05) is 35.9 Å². The number of hydrogen-bond acceptors (Lipinski definition) is 3. The van der Waals surface area contributed by atoms with Crippen LogP contribution in [0.4, 0.5) is 5.95 Å². The van der Waals surface area contributed by atoms with E-state index in [0.717, 1.165) is 17.0 Å². The Morgan fingerprint density at radius 1 is 1.47 bits per heavy atom. The highest BCUT2D eigenvalue weighted by atomic mass is 35.5. The molecule has 0 radical (unpaired) electrons. The fourth-order valence-corrected chi connectivity index (χ4v) is 1.95. The molecule has 2 rings (SSSR count). The van der Waals surface area contributed by atoms with Gasteiger partial charge in [-0.25, -0.2) is 4.98 Å². The minimum atomic E-state index is -0.0557. The first kappa shape index (κ1) is 12.2. The van der Waals surface area contributed by atoms with E-state index in [-0.39, 0.29) is 5.38 Å². The molecule has 0 aliphatic heterocycles. The molecule has 92 valence electrons. The van der Waals surface area contributed by atoms with Crippen LogP contribution in [0.3, 0.4) is 0 Å². The molecule has 0 amide bonds. The van der Waals surface area contributed by atoms with Crippen molar-refractivity contribution in [1.82, 2.24) is 9.55 Å². The number of alkyl halides is 1. The molecule has 5 heteroatoms. The Bertz CT molecular complexity index is 497. The summed E-state index contributed by atoms with van der Waals surface area (Å²) in [4.78, 5) is 4.50. The molecule has 0 aliphatic carbocycles. The highest BCUT2D eigenvalue weighted by Crippen LogP contribution is 2.17. The molecule has 0 spiro atoms. The van der Waals surface area contributed by atoms with Gasteiger partial charge in [0, 0.05) is 20.7 Å². The van der Waals surface area contributed by atoms with Gasteiger partial charge in [-0.15, -0.1) is 11.6 Å². The molecule has 1 atom stereocenters. The Labute approximate surface area is 106 Å². The first-order valence-electron chi connectivity index (χ1n) is 5.50. The van der Waals surface area contributed by atoms with Crippen LogP contribution in [0.25, 0.3) is 11.0 Å². The Morgan fingerprint density at radius 2 is 2.24 bits per heavy atom. The van der Waals surface area contributed by atoms with Gasteiger partial charge in [0.2, 0.25) is 5.95 Å². The summed E-state index contributed by atoms with van der Waals surface area (Å²) in [5.74, 6) is 0.827. The van der Waals surface area contributed by atoms with Crippen LogP contribution < -0.4 is 5.32 Å². The largest absolute Gasteiger partial charge is 0.383 e. The molecule has 4 nitrogen and oxygen atoms in total. The number of aromatic nitrogens is 2. The van der Waals surface area contributed by atoms with Gasteiger partial charge in [-0.3, -0.25) is 0 Å². The lowest BCUT2D eigenvalue weighted by atomic mass is 10.3. The standard InChI is InChI=1S/C12H16ClN3O/c1-16-11-6-4-3-5-10(11)15-12(16)14-7-9(13)8-17-2/h3-6,9H,7-8H2,1-2H3,(H,14,15). The second-order valence-corrected chi connectivity index (χ2v) is 4.53. The van der Waals surface area contributed by atoms with Gasteiger partial charge in [-0.2, -0.15) is 0 Å². The third-order valence-corrected chi connectivity index (χ3v) is 2.90. The lowest BCUT2D eigenvalue weighted by Gasteiger charge is -2.10. The van der Waals surface area contributed by atoms with Crippen molar-refractivity contribution in [3.63, 3.8) is 0 Å². The number of ether oxygens (including phenoxy) is 1. The zero-order valence-corrected chi connectivity index (χ0v) is 10.7. The molecule has 0 fully saturated rings. The van der Waals surface area contributed by atoms with Gasteiger partial charge in [0.25, 0.3) is 0 Å². The maximum Gasteiger partial charge on any atom is 0.203 e. The number of fused-ring (bicyclic) bond motifs is 1. The van der Waals surface area contributed by atoms with E-state index in [0.29, 0.717) is 13.2 Å². The van der Waals surface area contributed by atoms with E-state index in [1.54, 1.807) is 7.11 Å². The summed E-state index contributed by atoms with van der Waals surface area (Å²) in [5, 5.41) is 3.17. The van der Waals surface area contributed by atoms with Crippen molar-refractivity contribution in [2.45, 2.75) is 5.38 Å². The van der Waals surface area contributed by atoms with Crippen molar-refractivity contribution in [2.24, 2.45) is 7.05 Å². The number of imidazole rings is 1. The second kappa shape index (κ2) is 5.38. The number of benzene rings is 1. The van der Waals surface area contributed by atoms with Crippen LogP contribution in [-0.2, 0) is 11.8 Å². The number of nitrogens with one attached hydrogen (secondary N) is 1. The van der Waals surface area contributed by atoms with Crippen LogP contribution in [-0.4, -0.2) is 35.2 Å². The van der Waals surface area contributed by atoms with Crippen LogP contribution in [0.15, 0.2) is 24.3 Å². The van der Waals surface area contributed by atoms with E-state index in [1.165, 1.54) is 0 Å². The molecule has 1 aromatic carbocycles. The first-order chi connectivity index (χ1) is 8.22. The number of methoxy groups -OCH3 is 1. The number of aryl methyl sites for hydroxylation is 1. The number of para-hydroxylation sites is 2. The van der Waals surface area contributed by atoms with Crippen molar-refractivity contribution in [1.29, 1.82) is 0 Å².